The second-order valence-electron chi connectivity index (χ2n) is 6.92. The SMILES string of the molecule is CCc1sc2nc(Cl)nc(N3CC(C)OC(C)C3)c2c1-c1ccc(Br)cc1. The highest BCUT2D eigenvalue weighted by molar-refractivity contribution is 9.10. The predicted molar refractivity (Wildman–Crippen MR) is 117 cm³/mol. The van der Waals surface area contributed by atoms with Crippen molar-refractivity contribution >= 4 is 54.9 Å². The summed E-state index contributed by atoms with van der Waals surface area (Å²) in [6.07, 6.45) is 1.25. The molecule has 0 N–H and O–H groups in total. The minimum atomic E-state index is 0.151. The van der Waals surface area contributed by atoms with Crippen LogP contribution in [0.3, 0.4) is 0 Å². The molecule has 3 aromatic rings. The minimum Gasteiger partial charge on any atom is -0.372 e. The molecule has 2 unspecified atom stereocenters. The fourth-order valence-electron chi connectivity index (χ4n) is 3.75. The Balaban J connectivity index is 1.96. The van der Waals surface area contributed by atoms with E-state index in [1.807, 2.05) is 0 Å². The molecule has 0 amide bonds. The number of hydrogen-bond donors (Lipinski definition) is 0. The van der Waals surface area contributed by atoms with Crippen molar-refractivity contribution < 1.29 is 4.74 Å². The Morgan fingerprint density at radius 1 is 1.19 bits per heavy atom. The van der Waals surface area contributed by atoms with E-state index in [1.165, 1.54) is 16.0 Å². The van der Waals surface area contributed by atoms with Gasteiger partial charge in [-0.15, -0.1) is 11.3 Å². The van der Waals surface area contributed by atoms with E-state index in [0.717, 1.165) is 40.0 Å². The van der Waals surface area contributed by atoms with Gasteiger partial charge in [-0.25, -0.2) is 4.98 Å². The van der Waals surface area contributed by atoms with E-state index < -0.39 is 0 Å². The van der Waals surface area contributed by atoms with Crippen molar-refractivity contribution in [3.63, 3.8) is 0 Å². The van der Waals surface area contributed by atoms with Crippen LogP contribution in [0.1, 0.15) is 25.6 Å². The molecule has 1 fully saturated rings. The third-order valence-electron chi connectivity index (χ3n) is 4.75. The molecule has 1 aliphatic heterocycles. The zero-order valence-corrected chi connectivity index (χ0v) is 18.7. The summed E-state index contributed by atoms with van der Waals surface area (Å²) in [5, 5.41) is 1.40. The molecular weight excluding hydrogens is 446 g/mol. The molecule has 4 nitrogen and oxygen atoms in total. The lowest BCUT2D eigenvalue weighted by Gasteiger charge is -2.36. The normalized spacial score (nSPS) is 20.4. The van der Waals surface area contributed by atoms with Crippen LogP contribution in [0.25, 0.3) is 21.3 Å². The lowest BCUT2D eigenvalue weighted by atomic mass is 10.0. The second-order valence-corrected chi connectivity index (χ2v) is 9.26. The molecule has 1 aromatic carbocycles. The average Bonchev–Trinajstić information content (AvgIpc) is 2.99. The van der Waals surface area contributed by atoms with Crippen LogP contribution in [0.15, 0.2) is 28.7 Å². The van der Waals surface area contributed by atoms with Gasteiger partial charge in [-0.05, 0) is 49.6 Å². The molecule has 0 saturated carbocycles. The summed E-state index contributed by atoms with van der Waals surface area (Å²) in [6.45, 7) is 7.97. The molecule has 7 heteroatoms. The first kappa shape index (κ1) is 19.1. The molecule has 27 heavy (non-hydrogen) atoms. The number of hydrogen-bond acceptors (Lipinski definition) is 5. The van der Waals surface area contributed by atoms with Crippen LogP contribution in [0.2, 0.25) is 5.28 Å². The van der Waals surface area contributed by atoms with Crippen LogP contribution in [0, 0.1) is 0 Å². The van der Waals surface area contributed by atoms with Gasteiger partial charge in [-0.1, -0.05) is 35.0 Å². The van der Waals surface area contributed by atoms with Crippen LogP contribution < -0.4 is 4.90 Å². The number of fused-ring (bicyclic) bond motifs is 1. The van der Waals surface area contributed by atoms with Crippen molar-refractivity contribution in [1.82, 2.24) is 9.97 Å². The summed E-state index contributed by atoms with van der Waals surface area (Å²) in [6, 6.07) is 8.45. The summed E-state index contributed by atoms with van der Waals surface area (Å²) in [7, 11) is 0. The van der Waals surface area contributed by atoms with E-state index in [0.29, 0.717) is 5.28 Å². The van der Waals surface area contributed by atoms with Gasteiger partial charge in [0, 0.05) is 28.0 Å². The Bertz CT molecular complexity index is 966. The van der Waals surface area contributed by atoms with Gasteiger partial charge in [-0.2, -0.15) is 4.98 Å². The molecule has 2 aromatic heterocycles. The minimum absolute atomic E-state index is 0.151. The standard InChI is InChI=1S/C20H21BrClN3OS/c1-4-15-16(13-5-7-14(21)8-6-13)17-18(23-20(22)24-19(17)27-15)25-9-11(2)26-12(3)10-25/h5-8,11-12H,4,9-10H2,1-3H3. The summed E-state index contributed by atoms with van der Waals surface area (Å²) < 4.78 is 6.98. The van der Waals surface area contributed by atoms with Gasteiger partial charge >= 0.3 is 0 Å². The Labute approximate surface area is 176 Å². The molecule has 0 aliphatic carbocycles. The van der Waals surface area contributed by atoms with Crippen molar-refractivity contribution in [3.05, 3.63) is 38.9 Å². The molecule has 0 spiro atoms. The third kappa shape index (κ3) is 3.73. The summed E-state index contributed by atoms with van der Waals surface area (Å²) >= 11 is 11.6. The fourth-order valence-corrected chi connectivity index (χ4v) is 5.36. The topological polar surface area (TPSA) is 38.2 Å². The van der Waals surface area contributed by atoms with Gasteiger partial charge in [0.25, 0.3) is 0 Å². The fraction of sp³-hybridized carbons (Fsp3) is 0.400. The zero-order valence-electron chi connectivity index (χ0n) is 15.5. The van der Waals surface area contributed by atoms with Crippen LogP contribution in [-0.2, 0) is 11.2 Å². The maximum Gasteiger partial charge on any atom is 0.225 e. The quantitative estimate of drug-likeness (QED) is 0.447. The Hall–Kier alpha value is -1.21. The molecule has 0 radical (unpaired) electrons. The van der Waals surface area contributed by atoms with E-state index in [2.05, 4.69) is 75.8 Å². The number of rotatable bonds is 3. The lowest BCUT2D eigenvalue weighted by Crippen LogP contribution is -2.46. The van der Waals surface area contributed by atoms with Crippen LogP contribution in [-0.4, -0.2) is 35.3 Å². The number of nitrogens with zero attached hydrogens (tertiary/aromatic N) is 3. The average molecular weight is 467 g/mol. The number of halogens is 2. The number of aryl methyl sites for hydroxylation is 1. The van der Waals surface area contributed by atoms with E-state index in [-0.39, 0.29) is 12.2 Å². The van der Waals surface area contributed by atoms with Crippen molar-refractivity contribution in [2.75, 3.05) is 18.0 Å². The van der Waals surface area contributed by atoms with Gasteiger partial charge in [-0.3, -0.25) is 0 Å². The number of morpholine rings is 1. The lowest BCUT2D eigenvalue weighted by molar-refractivity contribution is -0.00537. The number of aromatic nitrogens is 2. The first-order chi connectivity index (χ1) is 13.0. The van der Waals surface area contributed by atoms with Crippen LogP contribution in [0.5, 0.6) is 0 Å². The van der Waals surface area contributed by atoms with Gasteiger partial charge < -0.3 is 9.64 Å². The van der Waals surface area contributed by atoms with Gasteiger partial charge in [0.2, 0.25) is 5.28 Å². The molecule has 2 atom stereocenters. The maximum absolute atomic E-state index is 6.31. The van der Waals surface area contributed by atoms with Crippen molar-refractivity contribution in [2.24, 2.45) is 0 Å². The maximum atomic E-state index is 6.31. The summed E-state index contributed by atoms with van der Waals surface area (Å²) in [5.41, 5.74) is 2.41. The van der Waals surface area contributed by atoms with Gasteiger partial charge in [0.05, 0.1) is 17.6 Å². The number of anilines is 1. The smallest absolute Gasteiger partial charge is 0.225 e. The Kier molecular flexibility index (Phi) is 5.43. The van der Waals surface area contributed by atoms with E-state index in [4.69, 9.17) is 16.3 Å². The van der Waals surface area contributed by atoms with E-state index in [9.17, 15) is 0 Å². The largest absolute Gasteiger partial charge is 0.372 e. The van der Waals surface area contributed by atoms with Crippen LogP contribution >= 0.6 is 38.9 Å². The molecule has 142 valence electrons. The Morgan fingerprint density at radius 3 is 2.48 bits per heavy atom. The molecule has 0 bridgehead atoms. The number of ether oxygens (including phenoxy) is 1. The molecule has 1 saturated heterocycles. The van der Waals surface area contributed by atoms with Crippen molar-refractivity contribution in [2.45, 2.75) is 39.4 Å². The highest BCUT2D eigenvalue weighted by Gasteiger charge is 2.28. The third-order valence-corrected chi connectivity index (χ3v) is 6.68. The van der Waals surface area contributed by atoms with Gasteiger partial charge in [0.1, 0.15) is 10.6 Å². The van der Waals surface area contributed by atoms with E-state index >= 15 is 0 Å². The molecule has 4 rings (SSSR count). The summed E-state index contributed by atoms with van der Waals surface area (Å²) in [5.74, 6) is 0.917. The molecular formula is C20H21BrClN3OS. The first-order valence-electron chi connectivity index (χ1n) is 9.11. The highest BCUT2D eigenvalue weighted by atomic mass is 79.9. The number of benzene rings is 1. The Morgan fingerprint density at radius 2 is 1.85 bits per heavy atom. The summed E-state index contributed by atoms with van der Waals surface area (Å²) in [4.78, 5) is 13.8. The zero-order chi connectivity index (χ0) is 19.1. The molecule has 1 aliphatic rings. The monoisotopic (exact) mass is 465 g/mol. The second kappa shape index (κ2) is 7.66. The van der Waals surface area contributed by atoms with Crippen LogP contribution in [0.4, 0.5) is 5.82 Å². The number of thiophene rings is 1. The van der Waals surface area contributed by atoms with E-state index in [1.54, 1.807) is 11.3 Å². The predicted octanol–water partition coefficient (Wildman–Crippen LogP) is 5.95. The first-order valence-corrected chi connectivity index (χ1v) is 11.1. The van der Waals surface area contributed by atoms with Crippen molar-refractivity contribution in [1.29, 1.82) is 0 Å². The molecule has 3 heterocycles. The van der Waals surface area contributed by atoms with Gasteiger partial charge in [0.15, 0.2) is 0 Å². The van der Waals surface area contributed by atoms with Crippen molar-refractivity contribution in [3.8, 4) is 11.1 Å². The highest BCUT2D eigenvalue weighted by Crippen LogP contribution is 2.43.